The van der Waals surface area contributed by atoms with Gasteiger partial charge in [0.1, 0.15) is 0 Å². The largest absolute Gasteiger partial charge is 0.466 e. The molecular formula is C15H19BrN2O5. The van der Waals surface area contributed by atoms with Crippen molar-refractivity contribution in [3.63, 3.8) is 0 Å². The molecule has 0 spiro atoms. The molecule has 2 rings (SSSR count). The first-order valence-corrected chi connectivity index (χ1v) is 8.28. The van der Waals surface area contributed by atoms with E-state index in [1.807, 2.05) is 0 Å². The number of amides is 2. The molecule has 126 valence electrons. The van der Waals surface area contributed by atoms with E-state index in [1.165, 1.54) is 6.07 Å². The van der Waals surface area contributed by atoms with E-state index in [0.29, 0.717) is 37.2 Å². The third kappa shape index (κ3) is 4.82. The quantitative estimate of drug-likeness (QED) is 0.775. The zero-order chi connectivity index (χ0) is 16.8. The van der Waals surface area contributed by atoms with Crippen LogP contribution in [0.25, 0.3) is 0 Å². The summed E-state index contributed by atoms with van der Waals surface area (Å²) in [4.78, 5) is 37.2. The lowest BCUT2D eigenvalue weighted by Crippen LogP contribution is -2.45. The van der Waals surface area contributed by atoms with Crippen LogP contribution in [0.15, 0.2) is 21.2 Å². The highest BCUT2D eigenvalue weighted by Crippen LogP contribution is 2.18. The van der Waals surface area contributed by atoms with E-state index in [-0.39, 0.29) is 30.1 Å². The number of halogens is 1. The Hall–Kier alpha value is -1.83. The molecule has 0 aromatic carbocycles. The lowest BCUT2D eigenvalue weighted by atomic mass is 9.97. The minimum atomic E-state index is -0.439. The number of carbonyl (C=O) groups is 3. The SMILES string of the molecule is CCOC(=O)C1CCN(C(=O)CNC(=O)c2ccc(Br)o2)CC1. The maximum absolute atomic E-state index is 12.1. The number of nitrogens with zero attached hydrogens (tertiary/aromatic N) is 1. The number of likely N-dealkylation sites (tertiary alicyclic amines) is 1. The minimum absolute atomic E-state index is 0.0960. The highest BCUT2D eigenvalue weighted by atomic mass is 79.9. The lowest BCUT2D eigenvalue weighted by molar-refractivity contribution is -0.151. The van der Waals surface area contributed by atoms with E-state index in [4.69, 9.17) is 9.15 Å². The normalized spacial score (nSPS) is 15.3. The van der Waals surface area contributed by atoms with Gasteiger partial charge in [-0.1, -0.05) is 0 Å². The fourth-order valence-electron chi connectivity index (χ4n) is 2.42. The number of hydrogen-bond donors (Lipinski definition) is 1. The maximum atomic E-state index is 12.1. The molecule has 7 nitrogen and oxygen atoms in total. The molecule has 1 aromatic rings. The van der Waals surface area contributed by atoms with Gasteiger partial charge in [-0.05, 0) is 47.8 Å². The first-order valence-electron chi connectivity index (χ1n) is 7.49. The third-order valence-electron chi connectivity index (χ3n) is 3.66. The molecule has 1 saturated heterocycles. The van der Waals surface area contributed by atoms with Crippen molar-refractivity contribution in [1.29, 1.82) is 0 Å². The Morgan fingerprint density at radius 1 is 1.35 bits per heavy atom. The van der Waals surface area contributed by atoms with E-state index in [2.05, 4.69) is 21.2 Å². The van der Waals surface area contributed by atoms with Crippen molar-refractivity contribution in [2.24, 2.45) is 5.92 Å². The van der Waals surface area contributed by atoms with Crippen molar-refractivity contribution in [3.05, 3.63) is 22.6 Å². The van der Waals surface area contributed by atoms with E-state index in [0.717, 1.165) is 0 Å². The number of esters is 1. The Balaban J connectivity index is 1.75. The van der Waals surface area contributed by atoms with Crippen LogP contribution in [0.1, 0.15) is 30.3 Å². The van der Waals surface area contributed by atoms with Crippen LogP contribution in [0.2, 0.25) is 0 Å². The van der Waals surface area contributed by atoms with Crippen LogP contribution in [0, 0.1) is 5.92 Å². The number of carbonyl (C=O) groups excluding carboxylic acids is 3. The van der Waals surface area contributed by atoms with Crippen LogP contribution in [0.4, 0.5) is 0 Å². The van der Waals surface area contributed by atoms with E-state index in [1.54, 1.807) is 17.9 Å². The van der Waals surface area contributed by atoms with Gasteiger partial charge in [-0.25, -0.2) is 0 Å². The number of rotatable bonds is 5. The molecular weight excluding hydrogens is 368 g/mol. The molecule has 1 N–H and O–H groups in total. The fraction of sp³-hybridized carbons (Fsp3) is 0.533. The summed E-state index contributed by atoms with van der Waals surface area (Å²) in [7, 11) is 0. The molecule has 0 atom stereocenters. The molecule has 2 amide bonds. The Labute approximate surface area is 142 Å². The monoisotopic (exact) mass is 386 g/mol. The van der Waals surface area contributed by atoms with Gasteiger partial charge in [-0.2, -0.15) is 0 Å². The molecule has 0 aliphatic carbocycles. The van der Waals surface area contributed by atoms with Gasteiger partial charge in [0, 0.05) is 13.1 Å². The van der Waals surface area contributed by atoms with Gasteiger partial charge in [0.15, 0.2) is 10.4 Å². The molecule has 1 fully saturated rings. The molecule has 2 heterocycles. The van der Waals surface area contributed by atoms with Gasteiger partial charge in [0.25, 0.3) is 5.91 Å². The van der Waals surface area contributed by atoms with Crippen LogP contribution in [-0.2, 0) is 14.3 Å². The molecule has 23 heavy (non-hydrogen) atoms. The molecule has 0 saturated carbocycles. The summed E-state index contributed by atoms with van der Waals surface area (Å²) >= 11 is 3.11. The molecule has 8 heteroatoms. The van der Waals surface area contributed by atoms with Crippen LogP contribution < -0.4 is 5.32 Å². The predicted octanol–water partition coefficient (Wildman–Crippen LogP) is 1.57. The zero-order valence-electron chi connectivity index (χ0n) is 12.8. The van der Waals surface area contributed by atoms with Crippen molar-refractivity contribution in [2.45, 2.75) is 19.8 Å². The van der Waals surface area contributed by atoms with Gasteiger partial charge < -0.3 is 19.4 Å². The third-order valence-corrected chi connectivity index (χ3v) is 4.09. The summed E-state index contributed by atoms with van der Waals surface area (Å²) in [5.74, 6) is -0.812. The van der Waals surface area contributed by atoms with E-state index >= 15 is 0 Å². The fourth-order valence-corrected chi connectivity index (χ4v) is 2.72. The molecule has 0 radical (unpaired) electrons. The van der Waals surface area contributed by atoms with Gasteiger partial charge in [-0.3, -0.25) is 14.4 Å². The number of furan rings is 1. The summed E-state index contributed by atoms with van der Waals surface area (Å²) in [6.45, 7) is 3.03. The van der Waals surface area contributed by atoms with Crippen molar-refractivity contribution >= 4 is 33.7 Å². The molecule has 0 bridgehead atoms. The van der Waals surface area contributed by atoms with Crippen molar-refractivity contribution < 1.29 is 23.5 Å². The average Bonchev–Trinajstić information content (AvgIpc) is 2.99. The Morgan fingerprint density at radius 2 is 2.04 bits per heavy atom. The van der Waals surface area contributed by atoms with Crippen LogP contribution >= 0.6 is 15.9 Å². The minimum Gasteiger partial charge on any atom is -0.466 e. The summed E-state index contributed by atoms with van der Waals surface area (Å²) in [5.41, 5.74) is 0. The molecule has 1 aliphatic rings. The molecule has 0 unspecified atom stereocenters. The Morgan fingerprint density at radius 3 is 2.61 bits per heavy atom. The van der Waals surface area contributed by atoms with Crippen molar-refractivity contribution in [1.82, 2.24) is 10.2 Å². The van der Waals surface area contributed by atoms with Gasteiger partial charge in [-0.15, -0.1) is 0 Å². The number of hydrogen-bond acceptors (Lipinski definition) is 5. The second kappa shape index (κ2) is 8.14. The highest BCUT2D eigenvalue weighted by molar-refractivity contribution is 9.10. The number of nitrogens with one attached hydrogen (secondary N) is 1. The first-order chi connectivity index (χ1) is 11.0. The predicted molar refractivity (Wildman–Crippen MR) is 84.7 cm³/mol. The standard InChI is InChI=1S/C15H19BrN2O5/c1-2-22-15(21)10-5-7-18(8-6-10)13(19)9-17-14(20)11-3-4-12(16)23-11/h3-4,10H,2,5-9H2,1H3,(H,17,20). The van der Waals surface area contributed by atoms with E-state index in [9.17, 15) is 14.4 Å². The van der Waals surface area contributed by atoms with Gasteiger partial charge in [0.05, 0.1) is 19.1 Å². The average molecular weight is 387 g/mol. The number of piperidine rings is 1. The van der Waals surface area contributed by atoms with E-state index < -0.39 is 5.91 Å². The summed E-state index contributed by atoms with van der Waals surface area (Å²) in [6, 6.07) is 3.13. The summed E-state index contributed by atoms with van der Waals surface area (Å²) < 4.78 is 10.6. The second-order valence-corrected chi connectivity index (χ2v) is 5.98. The maximum Gasteiger partial charge on any atom is 0.309 e. The van der Waals surface area contributed by atoms with Crippen LogP contribution in [0.5, 0.6) is 0 Å². The van der Waals surface area contributed by atoms with Crippen LogP contribution in [0.3, 0.4) is 0 Å². The second-order valence-electron chi connectivity index (χ2n) is 5.19. The van der Waals surface area contributed by atoms with Gasteiger partial charge >= 0.3 is 5.97 Å². The van der Waals surface area contributed by atoms with Gasteiger partial charge in [0.2, 0.25) is 5.91 Å². The smallest absolute Gasteiger partial charge is 0.309 e. The highest BCUT2D eigenvalue weighted by Gasteiger charge is 2.28. The topological polar surface area (TPSA) is 88.9 Å². The van der Waals surface area contributed by atoms with Crippen LogP contribution in [-0.4, -0.2) is 48.9 Å². The van der Waals surface area contributed by atoms with Crippen molar-refractivity contribution in [3.8, 4) is 0 Å². The Kier molecular flexibility index (Phi) is 6.20. The zero-order valence-corrected chi connectivity index (χ0v) is 14.4. The molecule has 1 aromatic heterocycles. The lowest BCUT2D eigenvalue weighted by Gasteiger charge is -2.30. The Bertz CT molecular complexity index is 578. The number of ether oxygens (including phenoxy) is 1. The molecule has 1 aliphatic heterocycles. The summed E-state index contributed by atoms with van der Waals surface area (Å²) in [5, 5.41) is 2.53. The first kappa shape index (κ1) is 17.5. The van der Waals surface area contributed by atoms with Crippen molar-refractivity contribution in [2.75, 3.05) is 26.2 Å². The summed E-state index contributed by atoms with van der Waals surface area (Å²) in [6.07, 6.45) is 1.17.